The molecule has 0 aromatic rings. The minimum Gasteiger partial charge on any atom is -0.480 e. The highest BCUT2D eigenvalue weighted by molar-refractivity contribution is 7.86. The van der Waals surface area contributed by atoms with Crippen molar-refractivity contribution in [3.05, 3.63) is 0 Å². The average molecular weight is 276 g/mol. The van der Waals surface area contributed by atoms with Gasteiger partial charge in [0.25, 0.3) is 10.2 Å². The molecule has 1 saturated heterocycles. The van der Waals surface area contributed by atoms with Crippen molar-refractivity contribution in [3.63, 3.8) is 0 Å². The minimum absolute atomic E-state index is 0.0787. The molecule has 18 heavy (non-hydrogen) atoms. The van der Waals surface area contributed by atoms with E-state index in [1.807, 2.05) is 0 Å². The Morgan fingerprint density at radius 2 is 2.11 bits per heavy atom. The molecule has 0 aromatic heterocycles. The van der Waals surface area contributed by atoms with Crippen molar-refractivity contribution in [3.8, 4) is 0 Å². The number of fused-ring (bicyclic) bond motifs is 2. The van der Waals surface area contributed by atoms with Crippen LogP contribution in [0.4, 0.5) is 0 Å². The van der Waals surface area contributed by atoms with Gasteiger partial charge in [-0.1, -0.05) is 0 Å². The Labute approximate surface area is 108 Å². The summed E-state index contributed by atoms with van der Waals surface area (Å²) in [5.74, 6) is -0.653. The number of nitrogens with zero attached hydrogens (tertiary/aromatic N) is 2. The van der Waals surface area contributed by atoms with Crippen LogP contribution in [0.25, 0.3) is 0 Å². The van der Waals surface area contributed by atoms with Gasteiger partial charge >= 0.3 is 5.97 Å². The van der Waals surface area contributed by atoms with Crippen molar-refractivity contribution in [1.82, 2.24) is 8.61 Å². The van der Waals surface area contributed by atoms with E-state index in [1.54, 1.807) is 13.8 Å². The zero-order valence-electron chi connectivity index (χ0n) is 10.7. The van der Waals surface area contributed by atoms with E-state index in [-0.39, 0.29) is 12.1 Å². The summed E-state index contributed by atoms with van der Waals surface area (Å²) >= 11 is 0. The van der Waals surface area contributed by atoms with Crippen molar-refractivity contribution in [2.24, 2.45) is 5.92 Å². The summed E-state index contributed by atoms with van der Waals surface area (Å²) in [6.07, 6.45) is 2.93. The van der Waals surface area contributed by atoms with Crippen molar-refractivity contribution in [1.29, 1.82) is 0 Å². The summed E-state index contributed by atoms with van der Waals surface area (Å²) in [7, 11) is -3.64. The normalized spacial score (nSPS) is 28.4. The number of hydrogen-bond acceptors (Lipinski definition) is 3. The van der Waals surface area contributed by atoms with E-state index >= 15 is 0 Å². The molecular formula is C11H20N2O4S. The van der Waals surface area contributed by atoms with Crippen LogP contribution in [0.3, 0.4) is 0 Å². The molecule has 2 unspecified atom stereocenters. The lowest BCUT2D eigenvalue weighted by molar-refractivity contribution is -0.137. The molecule has 0 spiro atoms. The monoisotopic (exact) mass is 276 g/mol. The number of carbonyl (C=O) groups is 1. The largest absolute Gasteiger partial charge is 0.480 e. The first-order chi connectivity index (χ1) is 8.32. The molecule has 1 aliphatic heterocycles. The van der Waals surface area contributed by atoms with Gasteiger partial charge in [0.15, 0.2) is 0 Å². The predicted molar refractivity (Wildman–Crippen MR) is 66.2 cm³/mol. The zero-order chi connectivity index (χ0) is 13.5. The molecule has 2 aliphatic rings. The molecule has 1 N–H and O–H groups in total. The van der Waals surface area contributed by atoms with Gasteiger partial charge in [-0.05, 0) is 39.0 Å². The SMILES string of the molecule is CC(C)N(CC(=O)O)S(=O)(=O)N1CC2CCC1C2. The van der Waals surface area contributed by atoms with E-state index in [2.05, 4.69) is 0 Å². The summed E-state index contributed by atoms with van der Waals surface area (Å²) in [5.41, 5.74) is 0. The molecule has 1 aliphatic carbocycles. The lowest BCUT2D eigenvalue weighted by atomic mass is 10.1. The Kier molecular flexibility index (Phi) is 3.66. The lowest BCUT2D eigenvalue weighted by Crippen LogP contribution is -2.51. The molecule has 2 atom stereocenters. The summed E-state index contributed by atoms with van der Waals surface area (Å²) < 4.78 is 27.6. The second kappa shape index (κ2) is 4.79. The molecule has 2 fully saturated rings. The van der Waals surface area contributed by atoms with Crippen molar-refractivity contribution in [2.75, 3.05) is 13.1 Å². The third-order valence-corrected chi connectivity index (χ3v) is 6.00. The van der Waals surface area contributed by atoms with Gasteiger partial charge in [-0.25, -0.2) is 0 Å². The molecule has 7 heteroatoms. The fourth-order valence-corrected chi connectivity index (χ4v) is 5.00. The first-order valence-corrected chi connectivity index (χ1v) is 7.72. The van der Waals surface area contributed by atoms with Crippen molar-refractivity contribution < 1.29 is 18.3 Å². The van der Waals surface area contributed by atoms with Gasteiger partial charge in [-0.3, -0.25) is 4.79 Å². The first kappa shape index (κ1) is 13.8. The van der Waals surface area contributed by atoms with Gasteiger partial charge in [0.1, 0.15) is 6.54 Å². The molecule has 0 amide bonds. The summed E-state index contributed by atoms with van der Waals surface area (Å²) in [4.78, 5) is 10.8. The highest BCUT2D eigenvalue weighted by Crippen LogP contribution is 2.39. The number of aliphatic carboxylic acids is 1. The van der Waals surface area contributed by atoms with Crippen molar-refractivity contribution >= 4 is 16.2 Å². The average Bonchev–Trinajstić information content (AvgIpc) is 2.86. The number of carboxylic acid groups (broad SMARTS) is 1. The molecule has 0 aromatic carbocycles. The van der Waals surface area contributed by atoms with Gasteiger partial charge in [0.05, 0.1) is 0 Å². The van der Waals surface area contributed by atoms with E-state index in [9.17, 15) is 13.2 Å². The van der Waals surface area contributed by atoms with Gasteiger partial charge in [0.2, 0.25) is 0 Å². The number of piperidine rings is 1. The Balaban J connectivity index is 2.20. The first-order valence-electron chi connectivity index (χ1n) is 6.32. The minimum atomic E-state index is -3.64. The van der Waals surface area contributed by atoms with Gasteiger partial charge in [0, 0.05) is 18.6 Å². The van der Waals surface area contributed by atoms with E-state index in [1.165, 1.54) is 4.31 Å². The predicted octanol–water partition coefficient (Wildman–Crippen LogP) is 0.510. The summed E-state index contributed by atoms with van der Waals surface area (Å²) in [6.45, 7) is 3.49. The fourth-order valence-electron chi connectivity index (χ4n) is 2.96. The second-order valence-corrected chi connectivity index (χ2v) is 7.28. The topological polar surface area (TPSA) is 77.9 Å². The fraction of sp³-hybridized carbons (Fsp3) is 0.909. The Morgan fingerprint density at radius 1 is 1.44 bits per heavy atom. The maximum atomic E-state index is 12.5. The second-order valence-electron chi connectivity index (χ2n) is 5.44. The number of hydrogen-bond donors (Lipinski definition) is 1. The van der Waals surface area contributed by atoms with E-state index in [4.69, 9.17) is 5.11 Å². The number of carboxylic acids is 1. The third-order valence-electron chi connectivity index (χ3n) is 3.82. The quantitative estimate of drug-likeness (QED) is 0.793. The molecule has 1 saturated carbocycles. The van der Waals surface area contributed by atoms with E-state index in [0.29, 0.717) is 12.5 Å². The molecule has 2 rings (SSSR count). The standard InChI is InChI=1S/C11H20N2O4S/c1-8(2)12(7-11(14)15)18(16,17)13-6-9-3-4-10(13)5-9/h8-10H,3-7H2,1-2H3,(H,14,15). The van der Waals surface area contributed by atoms with E-state index < -0.39 is 22.7 Å². The Bertz CT molecular complexity index is 434. The van der Waals surface area contributed by atoms with Crippen LogP contribution in [0, 0.1) is 5.92 Å². The van der Waals surface area contributed by atoms with Crippen LogP contribution in [-0.2, 0) is 15.0 Å². The smallest absolute Gasteiger partial charge is 0.318 e. The molecule has 1 heterocycles. The zero-order valence-corrected chi connectivity index (χ0v) is 11.6. The Hall–Kier alpha value is -0.660. The van der Waals surface area contributed by atoms with Crippen LogP contribution in [0.2, 0.25) is 0 Å². The third kappa shape index (κ3) is 2.39. The molecule has 6 nitrogen and oxygen atoms in total. The lowest BCUT2D eigenvalue weighted by Gasteiger charge is -2.33. The van der Waals surface area contributed by atoms with Crippen LogP contribution >= 0.6 is 0 Å². The van der Waals surface area contributed by atoms with Crippen LogP contribution in [0.5, 0.6) is 0 Å². The van der Waals surface area contributed by atoms with Crippen LogP contribution in [0.15, 0.2) is 0 Å². The maximum absolute atomic E-state index is 12.5. The van der Waals surface area contributed by atoms with Crippen LogP contribution in [-0.4, -0.2) is 53.3 Å². The summed E-state index contributed by atoms with van der Waals surface area (Å²) in [5, 5.41) is 8.85. The molecule has 2 bridgehead atoms. The van der Waals surface area contributed by atoms with Gasteiger partial charge in [-0.15, -0.1) is 0 Å². The molecule has 0 radical (unpaired) electrons. The van der Waals surface area contributed by atoms with Crippen molar-refractivity contribution in [2.45, 2.75) is 45.2 Å². The summed E-state index contributed by atoms with van der Waals surface area (Å²) in [6, 6.07) is -0.264. The molecule has 104 valence electrons. The molecular weight excluding hydrogens is 256 g/mol. The highest BCUT2D eigenvalue weighted by atomic mass is 32.2. The van der Waals surface area contributed by atoms with E-state index in [0.717, 1.165) is 23.6 Å². The van der Waals surface area contributed by atoms with Gasteiger partial charge in [-0.2, -0.15) is 17.0 Å². The maximum Gasteiger partial charge on any atom is 0.318 e. The van der Waals surface area contributed by atoms with Gasteiger partial charge < -0.3 is 5.11 Å². The Morgan fingerprint density at radius 3 is 2.50 bits per heavy atom. The van der Waals surface area contributed by atoms with Crippen LogP contribution < -0.4 is 0 Å². The highest BCUT2D eigenvalue weighted by Gasteiger charge is 2.46. The van der Waals surface area contributed by atoms with Crippen LogP contribution in [0.1, 0.15) is 33.1 Å². The number of rotatable bonds is 5.